The van der Waals surface area contributed by atoms with Crippen LogP contribution < -0.4 is 10.3 Å². The predicted molar refractivity (Wildman–Crippen MR) is 108 cm³/mol. The van der Waals surface area contributed by atoms with Crippen LogP contribution in [0.5, 0.6) is 5.75 Å². The zero-order valence-electron chi connectivity index (χ0n) is 17.4. The molecule has 2 aliphatic rings. The molecule has 0 amide bonds. The third-order valence-corrected chi connectivity index (χ3v) is 6.11. The lowest BCUT2D eigenvalue weighted by Gasteiger charge is -2.42. The number of aromatic amines is 1. The van der Waals surface area contributed by atoms with Gasteiger partial charge in [0.25, 0.3) is 5.56 Å². The van der Waals surface area contributed by atoms with Gasteiger partial charge in [0.2, 0.25) is 0 Å². The quantitative estimate of drug-likeness (QED) is 0.603. The molecule has 8 nitrogen and oxygen atoms in total. The second-order valence-corrected chi connectivity index (χ2v) is 8.19. The first-order valence-electron chi connectivity index (χ1n) is 10.5. The predicted octanol–water partition coefficient (Wildman–Crippen LogP) is 2.71. The lowest BCUT2D eigenvalue weighted by molar-refractivity contribution is -0.00941. The number of nitrogens with one attached hydrogen (secondary N) is 1. The van der Waals surface area contributed by atoms with Gasteiger partial charge in [0.15, 0.2) is 28.8 Å². The Hall–Kier alpha value is -2.92. The number of H-pyrrole nitrogens is 1. The fourth-order valence-electron chi connectivity index (χ4n) is 4.16. The summed E-state index contributed by atoms with van der Waals surface area (Å²) in [5.74, 6) is -3.21. The van der Waals surface area contributed by atoms with Crippen molar-refractivity contribution in [2.24, 2.45) is 0 Å². The van der Waals surface area contributed by atoms with Crippen LogP contribution in [0.25, 0.3) is 11.0 Å². The molecule has 1 atom stereocenters. The van der Waals surface area contributed by atoms with Crippen LogP contribution in [0.3, 0.4) is 0 Å². The minimum absolute atomic E-state index is 0.131. The van der Waals surface area contributed by atoms with E-state index in [-0.39, 0.29) is 29.5 Å². The van der Waals surface area contributed by atoms with Crippen LogP contribution in [0.2, 0.25) is 0 Å². The molecular weight excluding hydrogens is 427 g/mol. The molecule has 0 aliphatic carbocycles. The molecule has 32 heavy (non-hydrogen) atoms. The van der Waals surface area contributed by atoms with E-state index >= 15 is 0 Å². The first-order chi connectivity index (χ1) is 15.4. The summed E-state index contributed by atoms with van der Waals surface area (Å²) in [6, 6.07) is 1.07. The first-order valence-corrected chi connectivity index (χ1v) is 10.5. The average molecular weight is 449 g/mol. The van der Waals surface area contributed by atoms with Crippen molar-refractivity contribution in [2.45, 2.75) is 38.0 Å². The minimum Gasteiger partial charge on any atom is -0.485 e. The summed E-state index contributed by atoms with van der Waals surface area (Å²) < 4.78 is 53.0. The van der Waals surface area contributed by atoms with Gasteiger partial charge >= 0.3 is 0 Å². The molecule has 1 unspecified atom stereocenters. The van der Waals surface area contributed by atoms with Crippen molar-refractivity contribution in [2.75, 3.05) is 26.3 Å². The molecule has 170 valence electrons. The Morgan fingerprint density at radius 3 is 2.62 bits per heavy atom. The number of benzene rings is 1. The largest absolute Gasteiger partial charge is 0.485 e. The van der Waals surface area contributed by atoms with Crippen molar-refractivity contribution < 1.29 is 22.6 Å². The van der Waals surface area contributed by atoms with Crippen molar-refractivity contribution in [3.05, 3.63) is 52.0 Å². The Labute approximate surface area is 180 Å². The molecule has 11 heteroatoms. The number of hydrogen-bond acceptors (Lipinski definition) is 6. The van der Waals surface area contributed by atoms with E-state index in [9.17, 15) is 18.0 Å². The number of nitrogens with zero attached hydrogens (tertiary/aromatic N) is 4. The monoisotopic (exact) mass is 449 g/mol. The minimum atomic E-state index is -1.26. The highest BCUT2D eigenvalue weighted by atomic mass is 19.2. The second-order valence-electron chi connectivity index (χ2n) is 8.19. The Morgan fingerprint density at radius 2 is 1.88 bits per heavy atom. The van der Waals surface area contributed by atoms with E-state index in [4.69, 9.17) is 9.47 Å². The molecule has 3 aromatic rings. The number of ether oxygens (including phenoxy) is 2. The highest BCUT2D eigenvalue weighted by molar-refractivity contribution is 5.73. The molecule has 2 saturated heterocycles. The van der Waals surface area contributed by atoms with Gasteiger partial charge in [-0.05, 0) is 19.8 Å². The van der Waals surface area contributed by atoms with Crippen LogP contribution in [-0.2, 0) is 4.74 Å². The van der Waals surface area contributed by atoms with Crippen molar-refractivity contribution >= 4 is 11.0 Å². The highest BCUT2D eigenvalue weighted by Crippen LogP contribution is 2.29. The molecule has 5 rings (SSSR count). The van der Waals surface area contributed by atoms with Gasteiger partial charge in [-0.15, -0.1) is 0 Å². The van der Waals surface area contributed by atoms with Crippen LogP contribution in [0.15, 0.2) is 23.1 Å². The molecule has 4 heterocycles. The van der Waals surface area contributed by atoms with Gasteiger partial charge in [0.1, 0.15) is 17.3 Å². The SMILES string of the molecule is CC(c1nc2c(cnn2C2CCOCC2)c(=O)[nH]1)N1CC(Oc2cc(F)c(F)cc2F)C1. The Bertz CT molecular complexity index is 1200. The van der Waals surface area contributed by atoms with E-state index in [1.807, 2.05) is 11.8 Å². The maximum atomic E-state index is 13.8. The zero-order valence-corrected chi connectivity index (χ0v) is 17.4. The molecule has 2 aromatic heterocycles. The number of likely N-dealkylation sites (tertiary alicyclic amines) is 1. The maximum absolute atomic E-state index is 13.8. The lowest BCUT2D eigenvalue weighted by atomic mass is 10.1. The van der Waals surface area contributed by atoms with Gasteiger partial charge in [-0.1, -0.05) is 0 Å². The number of aromatic nitrogens is 4. The van der Waals surface area contributed by atoms with E-state index < -0.39 is 17.5 Å². The van der Waals surface area contributed by atoms with Crippen molar-refractivity contribution in [3.8, 4) is 5.75 Å². The van der Waals surface area contributed by atoms with Crippen molar-refractivity contribution in [1.82, 2.24) is 24.6 Å². The van der Waals surface area contributed by atoms with Crippen LogP contribution in [0.1, 0.15) is 37.7 Å². The Morgan fingerprint density at radius 1 is 1.16 bits per heavy atom. The molecule has 1 aromatic carbocycles. The van der Waals surface area contributed by atoms with Crippen molar-refractivity contribution in [3.63, 3.8) is 0 Å². The third-order valence-electron chi connectivity index (χ3n) is 6.11. The molecule has 0 bridgehead atoms. The number of rotatable bonds is 5. The molecular formula is C21H22F3N5O3. The fourth-order valence-corrected chi connectivity index (χ4v) is 4.16. The molecule has 0 spiro atoms. The van der Waals surface area contributed by atoms with Crippen molar-refractivity contribution in [1.29, 1.82) is 0 Å². The summed E-state index contributed by atoms with van der Waals surface area (Å²) in [5, 5.41) is 4.83. The third kappa shape index (κ3) is 3.75. The summed E-state index contributed by atoms with van der Waals surface area (Å²) in [5.41, 5.74) is 0.284. The summed E-state index contributed by atoms with van der Waals surface area (Å²) in [4.78, 5) is 22.1. The summed E-state index contributed by atoms with van der Waals surface area (Å²) in [7, 11) is 0. The summed E-state index contributed by atoms with van der Waals surface area (Å²) >= 11 is 0. The van der Waals surface area contributed by atoms with E-state index in [1.165, 1.54) is 6.20 Å². The first kappa shape index (κ1) is 21.0. The van der Waals surface area contributed by atoms with Gasteiger partial charge < -0.3 is 14.5 Å². The van der Waals surface area contributed by atoms with Gasteiger partial charge in [0.05, 0.1) is 18.3 Å². The number of halogens is 3. The van der Waals surface area contributed by atoms with Crippen LogP contribution in [-0.4, -0.2) is 57.1 Å². The van der Waals surface area contributed by atoms with Gasteiger partial charge in [-0.2, -0.15) is 5.10 Å². The molecule has 2 fully saturated rings. The van der Waals surface area contributed by atoms with E-state index in [2.05, 4.69) is 15.1 Å². The topological polar surface area (TPSA) is 85.3 Å². The molecule has 0 radical (unpaired) electrons. The summed E-state index contributed by atoms with van der Waals surface area (Å²) in [6.45, 7) is 4.02. The summed E-state index contributed by atoms with van der Waals surface area (Å²) in [6.07, 6.45) is 2.76. The lowest BCUT2D eigenvalue weighted by Crippen LogP contribution is -2.54. The van der Waals surface area contributed by atoms with E-state index in [1.54, 1.807) is 4.68 Å². The maximum Gasteiger partial charge on any atom is 0.262 e. The number of hydrogen-bond donors (Lipinski definition) is 1. The zero-order chi connectivity index (χ0) is 22.4. The standard InChI is InChI=1S/C21H22F3N5O3/c1-11(28-9-13(10-28)32-18-7-16(23)15(22)6-17(18)24)19-26-20-14(21(30)27-19)8-25-29(20)12-2-4-31-5-3-12/h6-8,11-13H,2-5,9-10H2,1H3,(H,26,27,30). The van der Waals surface area contributed by atoms with Crippen LogP contribution >= 0.6 is 0 Å². The molecule has 2 aliphatic heterocycles. The van der Waals surface area contributed by atoms with Crippen LogP contribution in [0, 0.1) is 17.5 Å². The van der Waals surface area contributed by atoms with Crippen LogP contribution in [0.4, 0.5) is 13.2 Å². The molecule has 1 N–H and O–H groups in total. The fraction of sp³-hybridized carbons (Fsp3) is 0.476. The molecule has 0 saturated carbocycles. The van der Waals surface area contributed by atoms with Gasteiger partial charge in [-0.3, -0.25) is 9.69 Å². The van der Waals surface area contributed by atoms with Gasteiger partial charge in [-0.25, -0.2) is 22.8 Å². The van der Waals surface area contributed by atoms with Gasteiger partial charge in [0, 0.05) is 38.4 Å². The number of fused-ring (bicyclic) bond motifs is 1. The normalized spacial score (nSPS) is 19.2. The Kier molecular flexibility index (Phi) is 5.38. The van der Waals surface area contributed by atoms with E-state index in [0.29, 0.717) is 55.3 Å². The average Bonchev–Trinajstić information content (AvgIpc) is 3.18. The second kappa shape index (κ2) is 8.21. The smallest absolute Gasteiger partial charge is 0.262 e. The Balaban J connectivity index is 1.31. The van der Waals surface area contributed by atoms with E-state index in [0.717, 1.165) is 12.8 Å². The highest BCUT2D eigenvalue weighted by Gasteiger charge is 2.34.